The van der Waals surface area contributed by atoms with Crippen LogP contribution in [0.2, 0.25) is 0 Å². The third kappa shape index (κ3) is 3.69. The van der Waals surface area contributed by atoms with Crippen molar-refractivity contribution >= 4 is 57.0 Å². The maximum Gasteiger partial charge on any atom is 0.234 e. The van der Waals surface area contributed by atoms with Gasteiger partial charge < -0.3 is 9.88 Å². The first kappa shape index (κ1) is 16.3. The van der Waals surface area contributed by atoms with Crippen molar-refractivity contribution in [2.75, 3.05) is 11.1 Å². The molecule has 1 amide bonds. The number of thioether (sulfide) groups is 1. The second-order valence-electron chi connectivity index (χ2n) is 4.94. The molecule has 0 radical (unpaired) electrons. The maximum absolute atomic E-state index is 12.2. The molecule has 118 valence electrons. The molecular formula is C17H16IN3OS. The Labute approximate surface area is 152 Å². The number of aryl methyl sites for hydroxylation is 1. The third-order valence-corrected chi connectivity index (χ3v) is 5.33. The first-order chi connectivity index (χ1) is 11.2. The molecule has 0 bridgehead atoms. The molecule has 0 saturated heterocycles. The van der Waals surface area contributed by atoms with Crippen LogP contribution < -0.4 is 5.32 Å². The molecule has 6 heteroatoms. The molecule has 0 aliphatic heterocycles. The van der Waals surface area contributed by atoms with Gasteiger partial charge in [0, 0.05) is 10.1 Å². The molecule has 3 rings (SSSR count). The van der Waals surface area contributed by atoms with E-state index in [0.717, 1.165) is 32.0 Å². The van der Waals surface area contributed by atoms with Crippen molar-refractivity contribution in [3.05, 3.63) is 52.1 Å². The highest BCUT2D eigenvalue weighted by Crippen LogP contribution is 2.24. The van der Waals surface area contributed by atoms with E-state index in [2.05, 4.69) is 50.4 Å². The highest BCUT2D eigenvalue weighted by atomic mass is 127. The summed E-state index contributed by atoms with van der Waals surface area (Å²) in [5, 5.41) is 3.83. The van der Waals surface area contributed by atoms with E-state index in [1.807, 2.05) is 42.5 Å². The van der Waals surface area contributed by atoms with Crippen LogP contribution in [0, 0.1) is 3.57 Å². The Bertz CT molecular complexity index is 847. The van der Waals surface area contributed by atoms with Crippen molar-refractivity contribution in [3.63, 3.8) is 0 Å². The van der Waals surface area contributed by atoms with Crippen molar-refractivity contribution in [1.82, 2.24) is 9.55 Å². The Kier molecular flexibility index (Phi) is 5.22. The number of rotatable bonds is 5. The average Bonchev–Trinajstić information content (AvgIpc) is 2.92. The van der Waals surface area contributed by atoms with Crippen molar-refractivity contribution in [3.8, 4) is 0 Å². The predicted octanol–water partition coefficient (Wildman–Crippen LogP) is 4.39. The minimum absolute atomic E-state index is 0.0196. The molecule has 0 unspecified atom stereocenters. The first-order valence-electron chi connectivity index (χ1n) is 7.31. The van der Waals surface area contributed by atoms with Crippen LogP contribution in [-0.4, -0.2) is 21.2 Å². The Morgan fingerprint density at radius 2 is 1.96 bits per heavy atom. The van der Waals surface area contributed by atoms with Gasteiger partial charge in [-0.3, -0.25) is 4.79 Å². The summed E-state index contributed by atoms with van der Waals surface area (Å²) < 4.78 is 3.17. The zero-order chi connectivity index (χ0) is 16.2. The number of aromatic nitrogens is 2. The predicted molar refractivity (Wildman–Crippen MR) is 104 cm³/mol. The normalized spacial score (nSPS) is 10.9. The van der Waals surface area contributed by atoms with E-state index in [4.69, 9.17) is 0 Å². The molecule has 4 nitrogen and oxygen atoms in total. The van der Waals surface area contributed by atoms with E-state index in [1.54, 1.807) is 0 Å². The van der Waals surface area contributed by atoms with Crippen LogP contribution in [0.3, 0.4) is 0 Å². The Morgan fingerprint density at radius 3 is 2.74 bits per heavy atom. The number of carbonyl (C=O) groups is 1. The van der Waals surface area contributed by atoms with E-state index < -0.39 is 0 Å². The summed E-state index contributed by atoms with van der Waals surface area (Å²) in [5.41, 5.74) is 2.92. The number of carbonyl (C=O) groups excluding carboxylic acids is 1. The van der Waals surface area contributed by atoms with Gasteiger partial charge in [-0.15, -0.1) is 0 Å². The van der Waals surface area contributed by atoms with Crippen molar-refractivity contribution < 1.29 is 4.79 Å². The smallest absolute Gasteiger partial charge is 0.234 e. The molecule has 0 saturated carbocycles. The molecule has 1 heterocycles. The number of halogens is 1. The van der Waals surface area contributed by atoms with Crippen molar-refractivity contribution in [1.29, 1.82) is 0 Å². The quantitative estimate of drug-likeness (QED) is 0.476. The number of imidazole rings is 1. The van der Waals surface area contributed by atoms with Gasteiger partial charge in [0.05, 0.1) is 22.5 Å². The molecule has 0 atom stereocenters. The monoisotopic (exact) mass is 437 g/mol. The summed E-state index contributed by atoms with van der Waals surface area (Å²) in [6, 6.07) is 15.8. The molecule has 1 N–H and O–H groups in total. The van der Waals surface area contributed by atoms with Crippen LogP contribution in [0.1, 0.15) is 6.92 Å². The summed E-state index contributed by atoms with van der Waals surface area (Å²) in [7, 11) is 0. The zero-order valence-electron chi connectivity index (χ0n) is 12.6. The average molecular weight is 437 g/mol. The van der Waals surface area contributed by atoms with Gasteiger partial charge in [0.2, 0.25) is 5.91 Å². The van der Waals surface area contributed by atoms with E-state index in [9.17, 15) is 4.79 Å². The van der Waals surface area contributed by atoms with E-state index in [0.29, 0.717) is 5.75 Å². The lowest BCUT2D eigenvalue weighted by Crippen LogP contribution is -2.15. The summed E-state index contributed by atoms with van der Waals surface area (Å²) in [4.78, 5) is 16.8. The Morgan fingerprint density at radius 1 is 1.22 bits per heavy atom. The summed E-state index contributed by atoms with van der Waals surface area (Å²) in [6.07, 6.45) is 0. The summed E-state index contributed by atoms with van der Waals surface area (Å²) >= 11 is 3.68. The van der Waals surface area contributed by atoms with Gasteiger partial charge >= 0.3 is 0 Å². The van der Waals surface area contributed by atoms with Gasteiger partial charge in [-0.2, -0.15) is 0 Å². The topological polar surface area (TPSA) is 46.9 Å². The lowest BCUT2D eigenvalue weighted by atomic mass is 10.3. The van der Waals surface area contributed by atoms with Crippen LogP contribution >= 0.6 is 34.4 Å². The standard InChI is InChI=1S/C17H16IN3OS/c1-2-21-15-10-6-5-9-14(15)20-17(21)23-11-16(22)19-13-8-4-3-7-12(13)18/h3-10H,2,11H2,1H3,(H,19,22). The molecule has 3 aromatic rings. The van der Waals surface area contributed by atoms with Gasteiger partial charge in [0.25, 0.3) is 0 Å². The molecule has 0 aliphatic rings. The van der Waals surface area contributed by atoms with E-state index in [-0.39, 0.29) is 5.91 Å². The maximum atomic E-state index is 12.2. The molecule has 23 heavy (non-hydrogen) atoms. The second-order valence-corrected chi connectivity index (χ2v) is 7.05. The molecule has 1 aromatic heterocycles. The fraction of sp³-hybridized carbons (Fsp3) is 0.176. The Balaban J connectivity index is 1.71. The minimum atomic E-state index is -0.0196. The van der Waals surface area contributed by atoms with E-state index >= 15 is 0 Å². The van der Waals surface area contributed by atoms with Crippen molar-refractivity contribution in [2.45, 2.75) is 18.6 Å². The third-order valence-electron chi connectivity index (χ3n) is 3.42. The molecule has 2 aromatic carbocycles. The SMILES string of the molecule is CCn1c(SCC(=O)Nc2ccccc2I)nc2ccccc21. The molecular weight excluding hydrogens is 421 g/mol. The zero-order valence-corrected chi connectivity index (χ0v) is 15.6. The van der Waals surface area contributed by atoms with Crippen LogP contribution in [-0.2, 0) is 11.3 Å². The van der Waals surface area contributed by atoms with Gasteiger partial charge in [0.1, 0.15) is 0 Å². The first-order valence-corrected chi connectivity index (χ1v) is 9.38. The molecule has 0 fully saturated rings. The number of hydrogen-bond donors (Lipinski definition) is 1. The minimum Gasteiger partial charge on any atom is -0.324 e. The number of amides is 1. The van der Waals surface area contributed by atoms with Crippen LogP contribution in [0.5, 0.6) is 0 Å². The number of para-hydroxylation sites is 3. The van der Waals surface area contributed by atoms with Crippen LogP contribution in [0.4, 0.5) is 5.69 Å². The van der Waals surface area contributed by atoms with Gasteiger partial charge in [0.15, 0.2) is 5.16 Å². The lowest BCUT2D eigenvalue weighted by Gasteiger charge is -2.08. The lowest BCUT2D eigenvalue weighted by molar-refractivity contribution is -0.113. The highest BCUT2D eigenvalue weighted by molar-refractivity contribution is 14.1. The fourth-order valence-corrected chi connectivity index (χ4v) is 3.75. The summed E-state index contributed by atoms with van der Waals surface area (Å²) in [6.45, 7) is 2.92. The van der Waals surface area contributed by atoms with Gasteiger partial charge in [-0.1, -0.05) is 36.0 Å². The van der Waals surface area contributed by atoms with E-state index in [1.165, 1.54) is 11.8 Å². The number of hydrogen-bond acceptors (Lipinski definition) is 3. The van der Waals surface area contributed by atoms with Gasteiger partial charge in [-0.25, -0.2) is 4.98 Å². The number of anilines is 1. The number of benzene rings is 2. The molecule has 0 aliphatic carbocycles. The molecule has 0 spiro atoms. The van der Waals surface area contributed by atoms with Crippen molar-refractivity contribution in [2.24, 2.45) is 0 Å². The largest absolute Gasteiger partial charge is 0.324 e. The van der Waals surface area contributed by atoms with Crippen LogP contribution in [0.25, 0.3) is 11.0 Å². The van der Waals surface area contributed by atoms with Crippen LogP contribution in [0.15, 0.2) is 53.7 Å². The van der Waals surface area contributed by atoms with Gasteiger partial charge in [-0.05, 0) is 53.8 Å². The highest BCUT2D eigenvalue weighted by Gasteiger charge is 2.12. The fourth-order valence-electron chi connectivity index (χ4n) is 2.35. The second kappa shape index (κ2) is 7.35. The summed E-state index contributed by atoms with van der Waals surface area (Å²) in [5.74, 6) is 0.322. The number of fused-ring (bicyclic) bond motifs is 1. The number of nitrogens with zero attached hydrogens (tertiary/aromatic N) is 2. The number of nitrogens with one attached hydrogen (secondary N) is 1. The Hall–Kier alpha value is -1.54.